The van der Waals surface area contributed by atoms with Crippen molar-refractivity contribution in [3.05, 3.63) is 59.7 Å². The van der Waals surface area contributed by atoms with Crippen LogP contribution in [0.3, 0.4) is 0 Å². The van der Waals surface area contributed by atoms with E-state index in [0.717, 1.165) is 23.5 Å². The highest BCUT2D eigenvalue weighted by molar-refractivity contribution is 8.00. The van der Waals surface area contributed by atoms with Gasteiger partial charge in [-0.05, 0) is 44.0 Å². The van der Waals surface area contributed by atoms with Gasteiger partial charge >= 0.3 is 0 Å². The fourth-order valence-electron chi connectivity index (χ4n) is 2.93. The molecule has 4 nitrogen and oxygen atoms in total. The van der Waals surface area contributed by atoms with E-state index in [0.29, 0.717) is 11.3 Å². The second kappa shape index (κ2) is 7.74. The van der Waals surface area contributed by atoms with E-state index in [1.807, 2.05) is 55.1 Å². The molecule has 0 unspecified atom stereocenters. The Kier molecular flexibility index (Phi) is 5.43. The predicted octanol–water partition coefficient (Wildman–Crippen LogP) is 3.51. The number of nitrogens with zero attached hydrogens (tertiary/aromatic N) is 1. The molecule has 1 N–H and O–H groups in total. The molecule has 1 aliphatic rings. The Balaban J connectivity index is 1.68. The minimum absolute atomic E-state index is 0.0771. The third kappa shape index (κ3) is 4.04. The maximum Gasteiger partial charge on any atom is 0.252 e. The van der Waals surface area contributed by atoms with Crippen LogP contribution < -0.4 is 10.2 Å². The van der Waals surface area contributed by atoms with Crippen molar-refractivity contribution in [2.75, 3.05) is 17.2 Å². The number of carbonyl (C=O) groups excluding carboxylic acids is 2. The molecular formula is C20H22N2O2S. The van der Waals surface area contributed by atoms with Crippen LogP contribution in [-0.4, -0.2) is 30.2 Å². The molecule has 1 heterocycles. The van der Waals surface area contributed by atoms with Gasteiger partial charge in [0.15, 0.2) is 0 Å². The van der Waals surface area contributed by atoms with Gasteiger partial charge in [0.1, 0.15) is 0 Å². The number of hydrogen-bond donors (Lipinski definition) is 1. The molecule has 0 saturated heterocycles. The second-order valence-electron chi connectivity index (χ2n) is 6.34. The molecule has 2 amide bonds. The molecule has 130 valence electrons. The number of carbonyl (C=O) groups is 2. The highest BCUT2D eigenvalue weighted by Crippen LogP contribution is 2.29. The lowest BCUT2D eigenvalue weighted by Gasteiger charge is -2.17. The summed E-state index contributed by atoms with van der Waals surface area (Å²) in [5, 5.41) is 2.91. The van der Waals surface area contributed by atoms with Crippen molar-refractivity contribution in [1.29, 1.82) is 0 Å². The standard InChI is InChI=1S/C20H22N2O2S/c1-14(2)21-20(24)16-8-4-6-10-18(16)25-13-19(23)22-12-11-15-7-3-5-9-17(15)22/h3-10,14H,11-13H2,1-2H3,(H,21,24). The quantitative estimate of drug-likeness (QED) is 0.836. The monoisotopic (exact) mass is 354 g/mol. The van der Waals surface area contributed by atoms with Gasteiger partial charge in [-0.1, -0.05) is 30.3 Å². The van der Waals surface area contributed by atoms with Gasteiger partial charge in [-0.15, -0.1) is 11.8 Å². The first-order chi connectivity index (χ1) is 12.1. The van der Waals surface area contributed by atoms with Gasteiger partial charge in [0.05, 0.1) is 11.3 Å². The molecule has 0 bridgehead atoms. The molecule has 0 fully saturated rings. The van der Waals surface area contributed by atoms with E-state index in [9.17, 15) is 9.59 Å². The van der Waals surface area contributed by atoms with Crippen LogP contribution in [0.1, 0.15) is 29.8 Å². The fourth-order valence-corrected chi connectivity index (χ4v) is 3.86. The number of para-hydroxylation sites is 1. The first-order valence-electron chi connectivity index (χ1n) is 8.47. The third-order valence-corrected chi connectivity index (χ3v) is 5.15. The second-order valence-corrected chi connectivity index (χ2v) is 7.35. The Morgan fingerprint density at radius 2 is 1.84 bits per heavy atom. The Morgan fingerprint density at radius 3 is 2.64 bits per heavy atom. The largest absolute Gasteiger partial charge is 0.350 e. The van der Waals surface area contributed by atoms with E-state index in [-0.39, 0.29) is 17.9 Å². The van der Waals surface area contributed by atoms with Gasteiger partial charge in [0.25, 0.3) is 5.91 Å². The molecule has 3 rings (SSSR count). The first-order valence-corrected chi connectivity index (χ1v) is 9.46. The van der Waals surface area contributed by atoms with Crippen LogP contribution in [0.2, 0.25) is 0 Å². The number of amides is 2. The number of anilines is 1. The summed E-state index contributed by atoms with van der Waals surface area (Å²) in [6.45, 7) is 4.60. The van der Waals surface area contributed by atoms with Crippen LogP contribution in [0.5, 0.6) is 0 Å². The molecule has 0 atom stereocenters. The zero-order valence-corrected chi connectivity index (χ0v) is 15.3. The van der Waals surface area contributed by atoms with E-state index in [1.54, 1.807) is 6.07 Å². The van der Waals surface area contributed by atoms with Gasteiger partial charge in [-0.3, -0.25) is 9.59 Å². The van der Waals surface area contributed by atoms with Crippen LogP contribution >= 0.6 is 11.8 Å². The highest BCUT2D eigenvalue weighted by atomic mass is 32.2. The maximum atomic E-state index is 12.6. The minimum Gasteiger partial charge on any atom is -0.350 e. The lowest BCUT2D eigenvalue weighted by atomic mass is 10.2. The summed E-state index contributed by atoms with van der Waals surface area (Å²) in [5.41, 5.74) is 2.85. The van der Waals surface area contributed by atoms with Crippen LogP contribution in [0.4, 0.5) is 5.69 Å². The summed E-state index contributed by atoms with van der Waals surface area (Å²) >= 11 is 1.42. The average molecular weight is 354 g/mol. The molecule has 0 aromatic heterocycles. The summed E-state index contributed by atoms with van der Waals surface area (Å²) in [5.74, 6) is 0.298. The molecule has 5 heteroatoms. The van der Waals surface area contributed by atoms with Crippen molar-refractivity contribution in [3.8, 4) is 0 Å². The Bertz CT molecular complexity index is 789. The summed E-state index contributed by atoms with van der Waals surface area (Å²) < 4.78 is 0. The van der Waals surface area contributed by atoms with E-state index < -0.39 is 0 Å². The molecule has 2 aromatic rings. The lowest BCUT2D eigenvalue weighted by molar-refractivity contribution is -0.116. The predicted molar refractivity (Wildman–Crippen MR) is 102 cm³/mol. The number of thioether (sulfide) groups is 1. The molecular weight excluding hydrogens is 332 g/mol. The Labute approximate surface area is 152 Å². The van der Waals surface area contributed by atoms with Gasteiger partial charge in [-0.2, -0.15) is 0 Å². The van der Waals surface area contributed by atoms with Crippen molar-refractivity contribution < 1.29 is 9.59 Å². The van der Waals surface area contributed by atoms with Crippen LogP contribution in [0.15, 0.2) is 53.4 Å². The molecule has 1 aliphatic heterocycles. The van der Waals surface area contributed by atoms with Gasteiger partial charge in [-0.25, -0.2) is 0 Å². The van der Waals surface area contributed by atoms with Crippen molar-refractivity contribution in [2.24, 2.45) is 0 Å². The van der Waals surface area contributed by atoms with Gasteiger partial charge < -0.3 is 10.2 Å². The maximum absolute atomic E-state index is 12.6. The lowest BCUT2D eigenvalue weighted by Crippen LogP contribution is -2.31. The van der Waals surface area contributed by atoms with E-state index >= 15 is 0 Å². The van der Waals surface area contributed by atoms with E-state index in [4.69, 9.17) is 0 Å². The van der Waals surface area contributed by atoms with Crippen molar-refractivity contribution in [3.63, 3.8) is 0 Å². The highest BCUT2D eigenvalue weighted by Gasteiger charge is 2.24. The van der Waals surface area contributed by atoms with Gasteiger partial charge in [0, 0.05) is 23.2 Å². The first kappa shape index (κ1) is 17.5. The summed E-state index contributed by atoms with van der Waals surface area (Å²) in [6.07, 6.45) is 0.903. The third-order valence-electron chi connectivity index (χ3n) is 4.09. The molecule has 0 aliphatic carbocycles. The van der Waals surface area contributed by atoms with Crippen LogP contribution in [0.25, 0.3) is 0 Å². The Morgan fingerprint density at radius 1 is 1.12 bits per heavy atom. The Hall–Kier alpha value is -2.27. The van der Waals surface area contributed by atoms with E-state index in [2.05, 4.69) is 11.4 Å². The number of fused-ring (bicyclic) bond motifs is 1. The van der Waals surface area contributed by atoms with Crippen molar-refractivity contribution >= 4 is 29.3 Å². The number of benzene rings is 2. The molecule has 25 heavy (non-hydrogen) atoms. The number of hydrogen-bond acceptors (Lipinski definition) is 3. The zero-order valence-electron chi connectivity index (χ0n) is 14.5. The summed E-state index contributed by atoms with van der Waals surface area (Å²) in [7, 11) is 0. The zero-order chi connectivity index (χ0) is 17.8. The number of rotatable bonds is 5. The van der Waals surface area contributed by atoms with Crippen LogP contribution in [-0.2, 0) is 11.2 Å². The molecule has 0 spiro atoms. The summed E-state index contributed by atoms with van der Waals surface area (Å²) in [4.78, 5) is 27.6. The summed E-state index contributed by atoms with van der Waals surface area (Å²) in [6, 6.07) is 15.5. The number of nitrogens with one attached hydrogen (secondary N) is 1. The topological polar surface area (TPSA) is 49.4 Å². The average Bonchev–Trinajstić information content (AvgIpc) is 3.03. The SMILES string of the molecule is CC(C)NC(=O)c1ccccc1SCC(=O)N1CCc2ccccc21. The van der Waals surface area contributed by atoms with Crippen LogP contribution in [0, 0.1) is 0 Å². The smallest absolute Gasteiger partial charge is 0.252 e. The molecule has 0 saturated carbocycles. The van der Waals surface area contributed by atoms with Crippen molar-refractivity contribution in [1.82, 2.24) is 5.32 Å². The van der Waals surface area contributed by atoms with E-state index in [1.165, 1.54) is 17.3 Å². The minimum atomic E-state index is -0.0999. The molecule has 2 aromatic carbocycles. The normalized spacial score (nSPS) is 13.0. The fraction of sp³-hybridized carbons (Fsp3) is 0.300. The molecule has 0 radical (unpaired) electrons. The van der Waals surface area contributed by atoms with Crippen molar-refractivity contribution in [2.45, 2.75) is 31.2 Å². The van der Waals surface area contributed by atoms with Gasteiger partial charge in [0.2, 0.25) is 5.91 Å².